The molecule has 0 aliphatic carbocycles. The van der Waals surface area contributed by atoms with Crippen molar-refractivity contribution >= 4 is 5.82 Å². The second kappa shape index (κ2) is 5.12. The third-order valence-corrected chi connectivity index (χ3v) is 2.29. The largest absolute Gasteiger partial charge is 0.478 e. The van der Waals surface area contributed by atoms with E-state index in [-0.39, 0.29) is 5.54 Å². The molecule has 0 spiro atoms. The maximum atomic E-state index is 5.66. The Hall–Kier alpha value is -1.36. The van der Waals surface area contributed by atoms with Crippen molar-refractivity contribution in [2.75, 3.05) is 18.5 Å². The van der Waals surface area contributed by atoms with Gasteiger partial charge in [0.15, 0.2) is 0 Å². The van der Waals surface area contributed by atoms with Gasteiger partial charge in [0.05, 0.1) is 12.2 Å². The number of nitrogens with two attached hydrogens (primary N) is 1. The van der Waals surface area contributed by atoms with Crippen LogP contribution in [0.1, 0.15) is 26.3 Å². The van der Waals surface area contributed by atoms with E-state index in [1.54, 1.807) is 0 Å². The summed E-state index contributed by atoms with van der Waals surface area (Å²) in [5.41, 5.74) is 6.38. The van der Waals surface area contributed by atoms with Crippen LogP contribution in [0.15, 0.2) is 6.33 Å². The average molecular weight is 224 g/mol. The molecule has 0 saturated heterocycles. The molecule has 1 rings (SSSR count). The number of hydrogen-bond donors (Lipinski definition) is 2. The quantitative estimate of drug-likeness (QED) is 0.789. The summed E-state index contributed by atoms with van der Waals surface area (Å²) in [6.07, 6.45) is 1.49. The Morgan fingerprint density at radius 1 is 1.44 bits per heavy atom. The minimum atomic E-state index is -0.192. The predicted octanol–water partition coefficient (Wildman–Crippen LogP) is 1.33. The lowest BCUT2D eigenvalue weighted by Gasteiger charge is -2.26. The Balaban J connectivity index is 2.93. The highest BCUT2D eigenvalue weighted by Crippen LogP contribution is 2.22. The van der Waals surface area contributed by atoms with E-state index >= 15 is 0 Å². The molecule has 0 unspecified atom stereocenters. The zero-order chi connectivity index (χ0) is 12.2. The number of aromatic nitrogens is 2. The second-order valence-corrected chi connectivity index (χ2v) is 4.30. The van der Waals surface area contributed by atoms with Crippen molar-refractivity contribution in [3.8, 4) is 5.88 Å². The van der Waals surface area contributed by atoms with Crippen LogP contribution < -0.4 is 15.8 Å². The SMILES string of the molecule is CCOc1ncnc(NC(C)(C)CN)c1C. The first-order chi connectivity index (χ1) is 7.50. The molecule has 1 aromatic heterocycles. The average Bonchev–Trinajstić information content (AvgIpc) is 2.24. The minimum Gasteiger partial charge on any atom is -0.478 e. The molecule has 5 nitrogen and oxygen atoms in total. The van der Waals surface area contributed by atoms with Crippen LogP contribution in [0.25, 0.3) is 0 Å². The molecule has 0 bridgehead atoms. The molecule has 0 aromatic carbocycles. The third-order valence-electron chi connectivity index (χ3n) is 2.29. The lowest BCUT2D eigenvalue weighted by molar-refractivity contribution is 0.323. The number of nitrogens with zero attached hydrogens (tertiary/aromatic N) is 2. The van der Waals surface area contributed by atoms with Crippen LogP contribution >= 0.6 is 0 Å². The van der Waals surface area contributed by atoms with E-state index < -0.39 is 0 Å². The fourth-order valence-corrected chi connectivity index (χ4v) is 1.21. The molecule has 0 amide bonds. The molecule has 1 aromatic rings. The van der Waals surface area contributed by atoms with E-state index in [1.165, 1.54) is 6.33 Å². The van der Waals surface area contributed by atoms with Crippen LogP contribution in [0, 0.1) is 6.92 Å². The molecule has 0 aliphatic rings. The molecular weight excluding hydrogens is 204 g/mol. The van der Waals surface area contributed by atoms with E-state index in [0.29, 0.717) is 19.0 Å². The molecule has 1 heterocycles. The predicted molar refractivity (Wildman–Crippen MR) is 64.7 cm³/mol. The summed E-state index contributed by atoms with van der Waals surface area (Å²) in [5.74, 6) is 1.39. The van der Waals surface area contributed by atoms with Crippen molar-refractivity contribution in [1.82, 2.24) is 9.97 Å². The van der Waals surface area contributed by atoms with E-state index in [9.17, 15) is 0 Å². The monoisotopic (exact) mass is 224 g/mol. The summed E-state index contributed by atoms with van der Waals surface area (Å²) in [6, 6.07) is 0. The van der Waals surface area contributed by atoms with Crippen molar-refractivity contribution in [1.29, 1.82) is 0 Å². The molecule has 90 valence electrons. The Morgan fingerprint density at radius 2 is 2.12 bits per heavy atom. The first kappa shape index (κ1) is 12.7. The molecule has 0 fully saturated rings. The van der Waals surface area contributed by atoms with Gasteiger partial charge in [0.2, 0.25) is 5.88 Å². The standard InChI is InChI=1S/C11H20N4O/c1-5-16-10-8(2)9(13-7-14-10)15-11(3,4)6-12/h7H,5-6,12H2,1-4H3,(H,13,14,15). The number of hydrogen-bond acceptors (Lipinski definition) is 5. The zero-order valence-electron chi connectivity index (χ0n) is 10.4. The number of anilines is 1. The van der Waals surface area contributed by atoms with Gasteiger partial charge in [-0.3, -0.25) is 0 Å². The first-order valence-corrected chi connectivity index (χ1v) is 5.43. The van der Waals surface area contributed by atoms with Gasteiger partial charge in [-0.25, -0.2) is 9.97 Å². The Kier molecular flexibility index (Phi) is 4.06. The molecule has 0 atom stereocenters. The van der Waals surface area contributed by atoms with Crippen molar-refractivity contribution in [3.63, 3.8) is 0 Å². The maximum Gasteiger partial charge on any atom is 0.221 e. The van der Waals surface area contributed by atoms with E-state index in [1.807, 2.05) is 27.7 Å². The Morgan fingerprint density at radius 3 is 2.69 bits per heavy atom. The lowest BCUT2D eigenvalue weighted by atomic mass is 10.1. The molecule has 0 radical (unpaired) electrons. The van der Waals surface area contributed by atoms with Crippen molar-refractivity contribution < 1.29 is 4.74 Å². The van der Waals surface area contributed by atoms with Gasteiger partial charge in [0, 0.05) is 12.1 Å². The smallest absolute Gasteiger partial charge is 0.221 e. The molecule has 3 N–H and O–H groups in total. The Bertz CT molecular complexity index is 352. The third kappa shape index (κ3) is 3.06. The normalized spacial score (nSPS) is 11.3. The van der Waals surface area contributed by atoms with Crippen molar-refractivity contribution in [2.45, 2.75) is 33.2 Å². The van der Waals surface area contributed by atoms with Crippen LogP contribution in [-0.2, 0) is 0 Å². The summed E-state index contributed by atoms with van der Waals surface area (Å²) < 4.78 is 5.40. The minimum absolute atomic E-state index is 0.192. The zero-order valence-corrected chi connectivity index (χ0v) is 10.4. The van der Waals surface area contributed by atoms with Crippen LogP contribution in [-0.4, -0.2) is 28.7 Å². The van der Waals surface area contributed by atoms with Crippen molar-refractivity contribution in [2.24, 2.45) is 5.73 Å². The first-order valence-electron chi connectivity index (χ1n) is 5.43. The van der Waals surface area contributed by atoms with Gasteiger partial charge < -0.3 is 15.8 Å². The van der Waals surface area contributed by atoms with Gasteiger partial charge in [0.1, 0.15) is 12.1 Å². The van der Waals surface area contributed by atoms with E-state index in [2.05, 4.69) is 15.3 Å². The van der Waals surface area contributed by atoms with Crippen LogP contribution in [0.5, 0.6) is 5.88 Å². The number of ether oxygens (including phenoxy) is 1. The highest BCUT2D eigenvalue weighted by molar-refractivity contribution is 5.49. The number of rotatable bonds is 5. The summed E-state index contributed by atoms with van der Waals surface area (Å²) in [6.45, 7) is 9.03. The van der Waals surface area contributed by atoms with Crippen molar-refractivity contribution in [3.05, 3.63) is 11.9 Å². The van der Waals surface area contributed by atoms with Crippen LogP contribution in [0.2, 0.25) is 0 Å². The molecule has 16 heavy (non-hydrogen) atoms. The molecule has 5 heteroatoms. The summed E-state index contributed by atoms with van der Waals surface area (Å²) >= 11 is 0. The fraction of sp³-hybridized carbons (Fsp3) is 0.636. The van der Waals surface area contributed by atoms with Gasteiger partial charge in [-0.05, 0) is 27.7 Å². The van der Waals surface area contributed by atoms with Gasteiger partial charge in [-0.1, -0.05) is 0 Å². The van der Waals surface area contributed by atoms with Crippen LogP contribution in [0.4, 0.5) is 5.82 Å². The maximum absolute atomic E-state index is 5.66. The highest BCUT2D eigenvalue weighted by Gasteiger charge is 2.18. The van der Waals surface area contributed by atoms with Crippen LogP contribution in [0.3, 0.4) is 0 Å². The topological polar surface area (TPSA) is 73.1 Å². The number of nitrogens with one attached hydrogen (secondary N) is 1. The van der Waals surface area contributed by atoms with Gasteiger partial charge in [-0.2, -0.15) is 0 Å². The summed E-state index contributed by atoms with van der Waals surface area (Å²) in [7, 11) is 0. The summed E-state index contributed by atoms with van der Waals surface area (Å²) in [5, 5.41) is 3.28. The highest BCUT2D eigenvalue weighted by atomic mass is 16.5. The second-order valence-electron chi connectivity index (χ2n) is 4.30. The van der Waals surface area contributed by atoms with Gasteiger partial charge in [0.25, 0.3) is 0 Å². The Labute approximate surface area is 96.4 Å². The van der Waals surface area contributed by atoms with E-state index in [4.69, 9.17) is 10.5 Å². The summed E-state index contributed by atoms with van der Waals surface area (Å²) in [4.78, 5) is 8.28. The fourth-order valence-electron chi connectivity index (χ4n) is 1.21. The molecule has 0 saturated carbocycles. The van der Waals surface area contributed by atoms with Gasteiger partial charge >= 0.3 is 0 Å². The molecular formula is C11H20N4O. The van der Waals surface area contributed by atoms with Gasteiger partial charge in [-0.15, -0.1) is 0 Å². The van der Waals surface area contributed by atoms with E-state index in [0.717, 1.165) is 11.4 Å². The lowest BCUT2D eigenvalue weighted by Crippen LogP contribution is -2.39. The molecule has 0 aliphatic heterocycles.